The summed E-state index contributed by atoms with van der Waals surface area (Å²) in [6.45, 7) is 10.7. The molecule has 1 aromatic heterocycles. The highest BCUT2D eigenvalue weighted by Crippen LogP contribution is 2.40. The first-order valence-corrected chi connectivity index (χ1v) is 7.62. The number of hydrogen-bond acceptors (Lipinski definition) is 5. The van der Waals surface area contributed by atoms with Crippen molar-refractivity contribution in [2.75, 3.05) is 16.5 Å². The van der Waals surface area contributed by atoms with Crippen LogP contribution in [0.4, 0.5) is 16.3 Å². The Bertz CT molecular complexity index is 649. The Kier molecular flexibility index (Phi) is 4.28. The fourth-order valence-electron chi connectivity index (χ4n) is 2.09. The second-order valence-electron chi connectivity index (χ2n) is 7.37. The highest BCUT2D eigenvalue weighted by Gasteiger charge is 2.42. The molecule has 0 fully saturated rings. The number of nitrogens with zero attached hydrogens (tertiary/aromatic N) is 4. The van der Waals surface area contributed by atoms with Crippen LogP contribution < -0.4 is 9.80 Å². The Balaban J connectivity index is 2.43. The van der Waals surface area contributed by atoms with Crippen molar-refractivity contribution < 1.29 is 14.3 Å². The molecule has 1 aliphatic rings. The molecule has 23 heavy (non-hydrogen) atoms. The number of carbonyl (C=O) groups excluding carboxylic acids is 2. The Labute approximate surface area is 140 Å². The summed E-state index contributed by atoms with van der Waals surface area (Å²) in [4.78, 5) is 35.8. The van der Waals surface area contributed by atoms with Crippen molar-refractivity contribution in [1.82, 2.24) is 9.97 Å². The number of halogens is 1. The van der Waals surface area contributed by atoms with E-state index in [-0.39, 0.29) is 23.5 Å². The molecule has 0 spiro atoms. The van der Waals surface area contributed by atoms with E-state index in [1.165, 1.54) is 16.1 Å². The number of anilines is 2. The number of hydrogen-bond donors (Lipinski definition) is 0. The summed E-state index contributed by atoms with van der Waals surface area (Å²) < 4.78 is 5.38. The minimum absolute atomic E-state index is 0.00123. The summed E-state index contributed by atoms with van der Waals surface area (Å²) in [5.41, 5.74) is -0.962. The molecule has 7 nitrogen and oxygen atoms in total. The minimum atomic E-state index is -0.657. The molecule has 0 unspecified atom stereocenters. The van der Waals surface area contributed by atoms with Crippen molar-refractivity contribution in [2.45, 2.75) is 47.1 Å². The number of rotatable bonds is 0. The maximum atomic E-state index is 12.7. The lowest BCUT2D eigenvalue weighted by molar-refractivity contribution is -0.125. The second kappa shape index (κ2) is 5.63. The van der Waals surface area contributed by atoms with E-state index in [2.05, 4.69) is 9.97 Å². The normalized spacial score (nSPS) is 14.7. The van der Waals surface area contributed by atoms with E-state index in [1.54, 1.807) is 41.5 Å². The molecule has 8 heteroatoms. The lowest BCUT2D eigenvalue weighted by Crippen LogP contribution is -2.44. The molecule has 0 N–H and O–H groups in total. The number of aromatic nitrogens is 2. The summed E-state index contributed by atoms with van der Waals surface area (Å²) in [7, 11) is 0. The molecule has 2 heterocycles. The SMILES string of the molecule is CC(C)(C)OC(=O)N1CN(C(=O)C(C)(C)C)c2c(Cl)ncnc21. The quantitative estimate of drug-likeness (QED) is 0.678. The summed E-state index contributed by atoms with van der Waals surface area (Å²) in [5.74, 6) is 0.0957. The van der Waals surface area contributed by atoms with Gasteiger partial charge in [0.15, 0.2) is 11.0 Å². The highest BCUT2D eigenvalue weighted by molar-refractivity contribution is 6.34. The lowest BCUT2D eigenvalue weighted by atomic mass is 9.95. The van der Waals surface area contributed by atoms with E-state index in [4.69, 9.17) is 16.3 Å². The monoisotopic (exact) mass is 340 g/mol. The van der Waals surface area contributed by atoms with Crippen molar-refractivity contribution >= 4 is 35.1 Å². The summed E-state index contributed by atoms with van der Waals surface area (Å²) in [6, 6.07) is 0. The Hall–Kier alpha value is -1.89. The van der Waals surface area contributed by atoms with E-state index in [0.29, 0.717) is 5.69 Å². The van der Waals surface area contributed by atoms with Gasteiger partial charge in [-0.1, -0.05) is 32.4 Å². The van der Waals surface area contributed by atoms with Gasteiger partial charge in [0, 0.05) is 5.41 Å². The average Bonchev–Trinajstić information content (AvgIpc) is 2.75. The van der Waals surface area contributed by atoms with Gasteiger partial charge in [-0.2, -0.15) is 0 Å². The maximum Gasteiger partial charge on any atom is 0.417 e. The third-order valence-electron chi connectivity index (χ3n) is 3.07. The first kappa shape index (κ1) is 17.5. The number of carbonyl (C=O) groups is 2. The van der Waals surface area contributed by atoms with Crippen LogP contribution in [0, 0.1) is 5.41 Å². The molecule has 1 aromatic rings. The Morgan fingerprint density at radius 1 is 1.13 bits per heavy atom. The van der Waals surface area contributed by atoms with Crippen LogP contribution in [0.3, 0.4) is 0 Å². The van der Waals surface area contributed by atoms with Crippen molar-refractivity contribution in [2.24, 2.45) is 5.41 Å². The van der Waals surface area contributed by atoms with Gasteiger partial charge >= 0.3 is 6.09 Å². The van der Waals surface area contributed by atoms with Crippen LogP contribution in [0.5, 0.6) is 0 Å². The molecular formula is C15H21ClN4O3. The molecule has 0 radical (unpaired) electrons. The first-order chi connectivity index (χ1) is 10.4. The molecule has 126 valence electrons. The van der Waals surface area contributed by atoms with Crippen molar-refractivity contribution in [3.05, 3.63) is 11.5 Å². The number of fused-ring (bicyclic) bond motifs is 1. The van der Waals surface area contributed by atoms with Crippen molar-refractivity contribution in [3.63, 3.8) is 0 Å². The van der Waals surface area contributed by atoms with Gasteiger partial charge in [-0.3, -0.25) is 9.69 Å². The Morgan fingerprint density at radius 3 is 2.26 bits per heavy atom. The molecule has 2 amide bonds. The van der Waals surface area contributed by atoms with Gasteiger partial charge in [-0.25, -0.2) is 19.7 Å². The zero-order valence-corrected chi connectivity index (χ0v) is 14.9. The van der Waals surface area contributed by atoms with Crippen LogP contribution in [0.1, 0.15) is 41.5 Å². The maximum absolute atomic E-state index is 12.7. The number of ether oxygens (including phenoxy) is 1. The van der Waals surface area contributed by atoms with Crippen LogP contribution >= 0.6 is 11.6 Å². The molecule has 0 atom stereocenters. The van der Waals surface area contributed by atoms with Crippen LogP contribution in [0.15, 0.2) is 6.33 Å². The largest absolute Gasteiger partial charge is 0.443 e. The lowest BCUT2D eigenvalue weighted by Gasteiger charge is -2.27. The third-order valence-corrected chi connectivity index (χ3v) is 3.34. The molecule has 0 aromatic carbocycles. The topological polar surface area (TPSA) is 75.6 Å². The smallest absolute Gasteiger partial charge is 0.417 e. The van der Waals surface area contributed by atoms with Crippen LogP contribution in [-0.2, 0) is 9.53 Å². The van der Waals surface area contributed by atoms with Gasteiger partial charge in [0.2, 0.25) is 5.91 Å². The number of amides is 2. The third kappa shape index (κ3) is 3.55. The zero-order valence-electron chi connectivity index (χ0n) is 14.2. The molecule has 2 rings (SSSR count). The fraction of sp³-hybridized carbons (Fsp3) is 0.600. The molecular weight excluding hydrogens is 320 g/mol. The van der Waals surface area contributed by atoms with E-state index in [1.807, 2.05) is 0 Å². The van der Waals surface area contributed by atoms with E-state index < -0.39 is 17.1 Å². The van der Waals surface area contributed by atoms with Gasteiger partial charge < -0.3 is 4.74 Å². The molecule has 0 saturated carbocycles. The second-order valence-corrected chi connectivity index (χ2v) is 7.73. The Morgan fingerprint density at radius 2 is 1.74 bits per heavy atom. The molecule has 0 bridgehead atoms. The fourth-order valence-corrected chi connectivity index (χ4v) is 2.32. The van der Waals surface area contributed by atoms with E-state index in [9.17, 15) is 9.59 Å². The van der Waals surface area contributed by atoms with E-state index >= 15 is 0 Å². The summed E-state index contributed by atoms with van der Waals surface area (Å²) in [6.07, 6.45) is 0.668. The molecule has 1 aliphatic heterocycles. The average molecular weight is 341 g/mol. The molecule has 0 saturated heterocycles. The first-order valence-electron chi connectivity index (χ1n) is 7.25. The summed E-state index contributed by atoms with van der Waals surface area (Å²) in [5, 5.41) is 0.124. The van der Waals surface area contributed by atoms with Gasteiger partial charge in [0.25, 0.3) is 0 Å². The van der Waals surface area contributed by atoms with Gasteiger partial charge in [0.05, 0.1) is 0 Å². The predicted molar refractivity (Wildman–Crippen MR) is 87.6 cm³/mol. The summed E-state index contributed by atoms with van der Waals surface area (Å²) >= 11 is 6.14. The van der Waals surface area contributed by atoms with Crippen molar-refractivity contribution in [1.29, 1.82) is 0 Å². The minimum Gasteiger partial charge on any atom is -0.443 e. The van der Waals surface area contributed by atoms with Gasteiger partial charge in [-0.05, 0) is 20.8 Å². The van der Waals surface area contributed by atoms with Gasteiger partial charge in [0.1, 0.15) is 24.3 Å². The zero-order chi connectivity index (χ0) is 17.6. The van der Waals surface area contributed by atoms with Gasteiger partial charge in [-0.15, -0.1) is 0 Å². The van der Waals surface area contributed by atoms with Crippen LogP contribution in [0.25, 0.3) is 0 Å². The van der Waals surface area contributed by atoms with Crippen LogP contribution in [-0.4, -0.2) is 34.2 Å². The van der Waals surface area contributed by atoms with Crippen molar-refractivity contribution in [3.8, 4) is 0 Å². The standard InChI is InChI=1S/C15H21ClN4O3/c1-14(2,3)12(21)19-8-20(13(22)23-15(4,5)6)11-9(19)10(16)17-7-18-11/h7H,8H2,1-6H3. The predicted octanol–water partition coefficient (Wildman–Crippen LogP) is 3.22. The molecule has 0 aliphatic carbocycles. The van der Waals surface area contributed by atoms with Crippen LogP contribution in [0.2, 0.25) is 5.15 Å². The highest BCUT2D eigenvalue weighted by atomic mass is 35.5. The van der Waals surface area contributed by atoms with E-state index in [0.717, 1.165) is 0 Å².